The molecular weight excluding hydrogens is 669 g/mol. The molecule has 3 heteroatoms. The number of hydrogen-bond acceptors (Lipinski definition) is 2. The van der Waals surface area contributed by atoms with Gasteiger partial charge in [-0.1, -0.05) is 116 Å². The quantitative estimate of drug-likeness (QED) is 0.164. The minimum atomic E-state index is -0.145. The van der Waals surface area contributed by atoms with Gasteiger partial charge in [0.2, 0.25) is 0 Å². The Kier molecular flexibility index (Phi) is 5.90. The zero-order valence-electron chi connectivity index (χ0n) is 31.0. The smallest absolute Gasteiger partial charge is 0.260 e. The number of rotatable bonds is 4. The molecule has 2 atom stereocenters. The second-order valence-corrected chi connectivity index (χ2v) is 19.2. The van der Waals surface area contributed by atoms with Crippen LogP contribution in [0.1, 0.15) is 67.3 Å². The Morgan fingerprint density at radius 1 is 0.648 bits per heavy atom. The first-order valence-electron chi connectivity index (χ1n) is 20.4. The number of aryl methyl sites for hydroxylation is 2. The van der Waals surface area contributed by atoms with Crippen molar-refractivity contribution in [1.82, 2.24) is 0 Å². The highest BCUT2D eigenvalue weighted by Crippen LogP contribution is 2.71. The van der Waals surface area contributed by atoms with Crippen LogP contribution >= 0.6 is 11.3 Å². The van der Waals surface area contributed by atoms with Crippen molar-refractivity contribution >= 4 is 60.9 Å². The minimum absolute atomic E-state index is 0.145. The van der Waals surface area contributed by atoms with Crippen molar-refractivity contribution in [2.45, 2.75) is 63.2 Å². The van der Waals surface area contributed by atoms with Crippen molar-refractivity contribution in [3.8, 4) is 22.3 Å². The van der Waals surface area contributed by atoms with Crippen LogP contribution in [0.15, 0.2) is 127 Å². The minimum Gasteiger partial charge on any atom is -0.310 e. The number of nitrogens with zero attached hydrogens (tertiary/aromatic N) is 1. The summed E-state index contributed by atoms with van der Waals surface area (Å²) >= 11 is 2.03. The Balaban J connectivity index is 1.13. The lowest BCUT2D eigenvalue weighted by Gasteiger charge is -2.46. The fraction of sp³-hybridized carbons (Fsp3) is 0.255. The van der Waals surface area contributed by atoms with Gasteiger partial charge in [-0.2, -0.15) is 0 Å². The molecule has 4 saturated carbocycles. The molecule has 0 amide bonds. The first kappa shape index (κ1) is 30.5. The van der Waals surface area contributed by atoms with Gasteiger partial charge in [0.1, 0.15) is 0 Å². The van der Waals surface area contributed by atoms with E-state index in [1.54, 1.807) is 16.6 Å². The molecular formula is C51H42BNS. The lowest BCUT2D eigenvalue weighted by molar-refractivity contribution is 0.370. The Hall–Kier alpha value is -4.86. The summed E-state index contributed by atoms with van der Waals surface area (Å²) in [4.78, 5) is 2.75. The third-order valence-electron chi connectivity index (χ3n) is 15.3. The predicted octanol–water partition coefficient (Wildman–Crippen LogP) is 11.0. The van der Waals surface area contributed by atoms with Gasteiger partial charge in [0, 0.05) is 31.7 Å². The fourth-order valence-electron chi connectivity index (χ4n) is 12.7. The number of fused-ring (bicyclic) bond motifs is 7. The maximum atomic E-state index is 2.76. The lowest BCUT2D eigenvalue weighted by atomic mass is 9.32. The van der Waals surface area contributed by atoms with E-state index in [9.17, 15) is 0 Å². The van der Waals surface area contributed by atoms with Crippen molar-refractivity contribution in [2.75, 3.05) is 4.90 Å². The van der Waals surface area contributed by atoms with Gasteiger partial charge < -0.3 is 4.90 Å². The largest absolute Gasteiger partial charge is 0.310 e. The molecule has 7 aromatic rings. The molecule has 0 radical (unpaired) electrons. The topological polar surface area (TPSA) is 3.24 Å². The van der Waals surface area contributed by atoms with Crippen LogP contribution < -0.4 is 20.6 Å². The summed E-state index contributed by atoms with van der Waals surface area (Å²) < 4.78 is 2.87. The van der Waals surface area contributed by atoms with Gasteiger partial charge in [0.25, 0.3) is 6.71 Å². The van der Waals surface area contributed by atoms with Crippen LogP contribution in [0, 0.1) is 17.8 Å². The van der Waals surface area contributed by atoms with Gasteiger partial charge in [0.15, 0.2) is 0 Å². The molecule has 1 aromatic heterocycles. The molecule has 4 bridgehead atoms. The molecule has 54 heavy (non-hydrogen) atoms. The third kappa shape index (κ3) is 3.87. The fourth-order valence-corrected chi connectivity index (χ4v) is 14.0. The van der Waals surface area contributed by atoms with Crippen molar-refractivity contribution in [3.05, 3.63) is 155 Å². The first-order valence-corrected chi connectivity index (χ1v) is 21.2. The van der Waals surface area contributed by atoms with E-state index in [0.29, 0.717) is 5.41 Å². The van der Waals surface area contributed by atoms with Crippen LogP contribution in [0.2, 0.25) is 0 Å². The van der Waals surface area contributed by atoms with Crippen LogP contribution in [0.25, 0.3) is 32.3 Å². The van der Waals surface area contributed by atoms with Crippen molar-refractivity contribution in [2.24, 2.45) is 17.8 Å². The SMILES string of the molecule is CC1(C)c2cc(-c3ccccc3)ccc2B2c3sc4ccc(-c5ccccc5)cc4c3N(c3ccc4c(c3)CC4)c3cc(C45CC6CC4CC6C5)cc1c32. The summed E-state index contributed by atoms with van der Waals surface area (Å²) in [5.41, 5.74) is 20.3. The zero-order chi connectivity index (χ0) is 35.5. The van der Waals surface area contributed by atoms with Gasteiger partial charge >= 0.3 is 0 Å². The van der Waals surface area contributed by atoms with E-state index in [2.05, 4.69) is 146 Å². The Bertz CT molecular complexity index is 2730. The highest BCUT2D eigenvalue weighted by molar-refractivity contribution is 7.33. The molecule has 0 spiro atoms. The normalized spacial score (nSPS) is 24.4. The maximum Gasteiger partial charge on any atom is 0.260 e. The van der Waals surface area contributed by atoms with Gasteiger partial charge in [-0.15, -0.1) is 11.3 Å². The standard InChI is InChI=1S/C51H42BNS/c1-50(2)42-25-35(31-11-7-4-8-12-31)16-19-44(42)52-47-43(50)26-39(51-28-36-21-38(51)22-37(36)29-51)27-45(47)53(40-18-15-32-13-14-33(32)23-40)48-41-24-34(30-9-5-3-6-10-30)17-20-46(41)54-49(48)52/h3-12,15-20,23-27,36-38H,13-14,21-22,28-29H2,1-2H3. The zero-order valence-corrected chi connectivity index (χ0v) is 31.8. The summed E-state index contributed by atoms with van der Waals surface area (Å²) in [6.07, 6.45) is 8.07. The first-order chi connectivity index (χ1) is 26.4. The molecule has 4 fully saturated rings. The average Bonchev–Trinajstić information content (AvgIpc) is 4.01. The molecule has 1 nitrogen and oxygen atoms in total. The number of anilines is 3. The number of thiophene rings is 1. The van der Waals surface area contributed by atoms with Gasteiger partial charge in [-0.25, -0.2) is 0 Å². The lowest BCUT2D eigenvalue weighted by Crippen LogP contribution is -2.63. The van der Waals surface area contributed by atoms with Crippen molar-refractivity contribution < 1.29 is 0 Å². The average molecular weight is 712 g/mol. The maximum absolute atomic E-state index is 2.76. The van der Waals surface area contributed by atoms with Crippen molar-refractivity contribution in [3.63, 3.8) is 0 Å². The van der Waals surface area contributed by atoms with E-state index in [4.69, 9.17) is 0 Å². The van der Waals surface area contributed by atoms with E-state index in [1.165, 1.54) is 115 Å². The molecule has 0 N–H and O–H groups in total. The monoisotopic (exact) mass is 711 g/mol. The van der Waals surface area contributed by atoms with Gasteiger partial charge in [-0.05, 0) is 148 Å². The molecule has 7 aliphatic rings. The van der Waals surface area contributed by atoms with E-state index >= 15 is 0 Å². The summed E-state index contributed by atoms with van der Waals surface area (Å²) in [6, 6.07) is 49.6. The van der Waals surface area contributed by atoms with Crippen molar-refractivity contribution in [1.29, 1.82) is 0 Å². The van der Waals surface area contributed by atoms with E-state index in [-0.39, 0.29) is 12.1 Å². The van der Waals surface area contributed by atoms with Gasteiger partial charge in [-0.3, -0.25) is 0 Å². The summed E-state index contributed by atoms with van der Waals surface area (Å²) in [6.45, 7) is 5.25. The molecule has 6 aromatic carbocycles. The van der Waals surface area contributed by atoms with E-state index in [0.717, 1.165) is 17.8 Å². The predicted molar refractivity (Wildman–Crippen MR) is 229 cm³/mol. The summed E-state index contributed by atoms with van der Waals surface area (Å²) in [7, 11) is 0. The molecule has 0 saturated heterocycles. The van der Waals surface area contributed by atoms with Crippen LogP contribution in [0.5, 0.6) is 0 Å². The Morgan fingerprint density at radius 2 is 1.35 bits per heavy atom. The highest BCUT2D eigenvalue weighted by atomic mass is 32.1. The molecule has 3 heterocycles. The van der Waals surface area contributed by atoms with E-state index < -0.39 is 0 Å². The third-order valence-corrected chi connectivity index (χ3v) is 16.6. The number of benzene rings is 6. The molecule has 14 rings (SSSR count). The molecule has 2 aliphatic heterocycles. The molecule has 2 unspecified atom stereocenters. The Morgan fingerprint density at radius 3 is 2.02 bits per heavy atom. The number of hydrogen-bond donors (Lipinski definition) is 0. The van der Waals surface area contributed by atoms with E-state index in [1.807, 2.05) is 11.3 Å². The van der Waals surface area contributed by atoms with Crippen LogP contribution in [0.4, 0.5) is 17.1 Å². The summed E-state index contributed by atoms with van der Waals surface area (Å²) in [5.74, 6) is 2.71. The molecule has 5 aliphatic carbocycles. The second kappa shape index (κ2) is 10.5. The second-order valence-electron chi connectivity index (χ2n) is 18.1. The van der Waals surface area contributed by atoms with Crippen LogP contribution in [-0.2, 0) is 23.7 Å². The van der Waals surface area contributed by atoms with Crippen LogP contribution in [-0.4, -0.2) is 6.71 Å². The Labute approximate surface area is 322 Å². The summed E-state index contributed by atoms with van der Waals surface area (Å²) in [5, 5.41) is 1.38. The van der Waals surface area contributed by atoms with Gasteiger partial charge in [0.05, 0.1) is 5.69 Å². The van der Waals surface area contributed by atoms with Crippen LogP contribution in [0.3, 0.4) is 0 Å². The highest BCUT2D eigenvalue weighted by Gasteiger charge is 2.64. The molecule has 260 valence electrons.